The summed E-state index contributed by atoms with van der Waals surface area (Å²) < 4.78 is 0. The molecular formula is C27H34N6O2. The number of likely N-dealkylation sites (tertiary alicyclic amines) is 1. The third kappa shape index (κ3) is 4.10. The van der Waals surface area contributed by atoms with Crippen molar-refractivity contribution in [2.45, 2.75) is 32.2 Å². The van der Waals surface area contributed by atoms with E-state index in [1.54, 1.807) is 4.90 Å². The molecule has 4 saturated heterocycles. The van der Waals surface area contributed by atoms with Crippen molar-refractivity contribution in [2.75, 3.05) is 66.2 Å². The molecule has 4 fully saturated rings. The lowest BCUT2D eigenvalue weighted by Gasteiger charge is -2.63. The molecule has 3 amide bonds. The number of rotatable bonds is 4. The number of carbonyl (C=O) groups is 2. The first-order valence-electron chi connectivity index (χ1n) is 12.7. The standard InChI is InChI=1S/C27H34N6O2/c1-19-14-23(6-7-24(19)33-13-10-25(34)29-26(33)35)32-17-27(18-32)15-31(16-27)22-8-11-30(12-9-22)21-4-2-20(28)3-5-21/h2-7,14,22H,8-13,15-18,28H2,1H3,(H,29,34,35). The van der Waals surface area contributed by atoms with Crippen LogP contribution < -0.4 is 25.8 Å². The van der Waals surface area contributed by atoms with Crippen molar-refractivity contribution in [3.8, 4) is 0 Å². The molecule has 0 unspecified atom stereocenters. The fourth-order valence-corrected chi connectivity index (χ4v) is 6.33. The SMILES string of the molecule is Cc1cc(N2CC3(C2)CN(C2CCN(c4ccc(N)cc4)CC2)C3)ccc1N1CCC(=O)NC1=O. The highest BCUT2D eigenvalue weighted by molar-refractivity contribution is 6.06. The lowest BCUT2D eigenvalue weighted by Crippen LogP contribution is -2.74. The monoisotopic (exact) mass is 474 g/mol. The molecule has 0 aliphatic carbocycles. The molecule has 0 radical (unpaired) electrons. The number of urea groups is 1. The van der Waals surface area contributed by atoms with Gasteiger partial charge in [0.15, 0.2) is 0 Å². The minimum Gasteiger partial charge on any atom is -0.399 e. The van der Waals surface area contributed by atoms with Crippen LogP contribution in [0.3, 0.4) is 0 Å². The Morgan fingerprint density at radius 2 is 1.57 bits per heavy atom. The van der Waals surface area contributed by atoms with Gasteiger partial charge in [0.25, 0.3) is 0 Å². The molecule has 0 saturated carbocycles. The molecule has 8 heteroatoms. The smallest absolute Gasteiger partial charge is 0.328 e. The third-order valence-corrected chi connectivity index (χ3v) is 8.26. The van der Waals surface area contributed by atoms with Gasteiger partial charge in [-0.05, 0) is 67.8 Å². The molecule has 0 atom stereocenters. The fourth-order valence-electron chi connectivity index (χ4n) is 6.33. The molecule has 3 N–H and O–H groups in total. The summed E-state index contributed by atoms with van der Waals surface area (Å²) in [6.07, 6.45) is 2.79. The topological polar surface area (TPSA) is 85.2 Å². The second-order valence-corrected chi connectivity index (χ2v) is 10.8. The zero-order valence-corrected chi connectivity index (χ0v) is 20.4. The van der Waals surface area contributed by atoms with Gasteiger partial charge in [0, 0.05) is 86.4 Å². The van der Waals surface area contributed by atoms with E-state index in [0.29, 0.717) is 24.4 Å². The van der Waals surface area contributed by atoms with Crippen LogP contribution in [0.2, 0.25) is 0 Å². The molecule has 0 bridgehead atoms. The highest BCUT2D eigenvalue weighted by Gasteiger charge is 2.53. The predicted molar refractivity (Wildman–Crippen MR) is 139 cm³/mol. The van der Waals surface area contributed by atoms with Crippen LogP contribution in [0.5, 0.6) is 0 Å². The molecule has 4 aliphatic heterocycles. The number of aryl methyl sites for hydroxylation is 1. The number of imide groups is 1. The highest BCUT2D eigenvalue weighted by Crippen LogP contribution is 2.44. The zero-order valence-electron chi connectivity index (χ0n) is 20.4. The lowest BCUT2D eigenvalue weighted by molar-refractivity contribution is -0.120. The first-order chi connectivity index (χ1) is 16.9. The number of benzene rings is 2. The summed E-state index contributed by atoms with van der Waals surface area (Å²) in [6.45, 7) is 9.31. The van der Waals surface area contributed by atoms with Gasteiger partial charge in [-0.15, -0.1) is 0 Å². The molecule has 2 aromatic rings. The van der Waals surface area contributed by atoms with Gasteiger partial charge in [0.1, 0.15) is 0 Å². The van der Waals surface area contributed by atoms with E-state index in [9.17, 15) is 9.59 Å². The van der Waals surface area contributed by atoms with Crippen molar-refractivity contribution in [2.24, 2.45) is 5.41 Å². The summed E-state index contributed by atoms with van der Waals surface area (Å²) in [6, 6.07) is 14.9. The molecule has 35 heavy (non-hydrogen) atoms. The average Bonchev–Trinajstić information content (AvgIpc) is 2.79. The minimum absolute atomic E-state index is 0.201. The van der Waals surface area contributed by atoms with Gasteiger partial charge in [0.2, 0.25) is 5.91 Å². The van der Waals surface area contributed by atoms with E-state index in [2.05, 4.69) is 44.3 Å². The van der Waals surface area contributed by atoms with Crippen LogP contribution in [0.15, 0.2) is 42.5 Å². The lowest BCUT2D eigenvalue weighted by atomic mass is 9.71. The van der Waals surface area contributed by atoms with Gasteiger partial charge in [0.05, 0.1) is 0 Å². The van der Waals surface area contributed by atoms with Crippen molar-refractivity contribution in [1.82, 2.24) is 10.2 Å². The molecule has 184 valence electrons. The van der Waals surface area contributed by atoms with E-state index in [1.165, 1.54) is 37.3 Å². The summed E-state index contributed by atoms with van der Waals surface area (Å²) in [7, 11) is 0. The number of carbonyl (C=O) groups excluding carboxylic acids is 2. The third-order valence-electron chi connectivity index (χ3n) is 8.26. The first-order valence-corrected chi connectivity index (χ1v) is 12.7. The van der Waals surface area contributed by atoms with Crippen LogP contribution in [-0.2, 0) is 4.79 Å². The maximum absolute atomic E-state index is 12.2. The number of nitrogens with zero attached hydrogens (tertiary/aromatic N) is 4. The molecule has 1 spiro atoms. The Bertz CT molecular complexity index is 1130. The first kappa shape index (κ1) is 22.2. The Balaban J connectivity index is 0.996. The van der Waals surface area contributed by atoms with Gasteiger partial charge in [-0.2, -0.15) is 0 Å². The number of nitrogens with two attached hydrogens (primary N) is 1. The molecule has 0 aromatic heterocycles. The van der Waals surface area contributed by atoms with Gasteiger partial charge in [-0.3, -0.25) is 19.9 Å². The molecule has 4 aliphatic rings. The number of hydrogen-bond acceptors (Lipinski definition) is 6. The maximum atomic E-state index is 12.2. The normalized spacial score (nSPS) is 22.7. The van der Waals surface area contributed by atoms with Crippen LogP contribution in [-0.4, -0.2) is 68.7 Å². The van der Waals surface area contributed by atoms with Crippen molar-refractivity contribution < 1.29 is 9.59 Å². The largest absolute Gasteiger partial charge is 0.399 e. The van der Waals surface area contributed by atoms with E-state index in [1.807, 2.05) is 25.1 Å². The second-order valence-electron chi connectivity index (χ2n) is 10.8. The van der Waals surface area contributed by atoms with Gasteiger partial charge in [-0.1, -0.05) is 0 Å². The van der Waals surface area contributed by atoms with Crippen LogP contribution in [0.1, 0.15) is 24.8 Å². The number of piperidine rings is 1. The van der Waals surface area contributed by atoms with E-state index in [-0.39, 0.29) is 11.9 Å². The maximum Gasteiger partial charge on any atom is 0.328 e. The number of nitrogen functional groups attached to an aromatic ring is 1. The molecule has 4 heterocycles. The van der Waals surface area contributed by atoms with Crippen molar-refractivity contribution >= 4 is 34.7 Å². The number of hydrogen-bond donors (Lipinski definition) is 2. The number of amides is 3. The summed E-state index contributed by atoms with van der Waals surface area (Å²) in [5.74, 6) is -0.201. The second kappa shape index (κ2) is 8.45. The summed E-state index contributed by atoms with van der Waals surface area (Å²) in [4.78, 5) is 33.0. The summed E-state index contributed by atoms with van der Waals surface area (Å²) >= 11 is 0. The van der Waals surface area contributed by atoms with Gasteiger partial charge < -0.3 is 15.5 Å². The van der Waals surface area contributed by atoms with E-state index in [0.717, 1.165) is 43.1 Å². The number of nitrogens with one attached hydrogen (secondary N) is 1. The molecule has 8 nitrogen and oxygen atoms in total. The highest BCUT2D eigenvalue weighted by atomic mass is 16.2. The van der Waals surface area contributed by atoms with Crippen molar-refractivity contribution in [1.29, 1.82) is 0 Å². The van der Waals surface area contributed by atoms with Gasteiger partial charge >= 0.3 is 6.03 Å². The Morgan fingerprint density at radius 3 is 2.23 bits per heavy atom. The van der Waals surface area contributed by atoms with E-state index >= 15 is 0 Å². The minimum atomic E-state index is -0.325. The van der Waals surface area contributed by atoms with Gasteiger partial charge in [-0.25, -0.2) is 4.79 Å². The van der Waals surface area contributed by atoms with E-state index in [4.69, 9.17) is 5.73 Å². The van der Waals surface area contributed by atoms with Crippen LogP contribution in [0.25, 0.3) is 0 Å². The van der Waals surface area contributed by atoms with Crippen molar-refractivity contribution in [3.05, 3.63) is 48.0 Å². The summed E-state index contributed by atoms with van der Waals surface area (Å²) in [5, 5.41) is 2.41. The molecule has 6 rings (SSSR count). The van der Waals surface area contributed by atoms with Crippen LogP contribution in [0, 0.1) is 12.3 Å². The Kier molecular flexibility index (Phi) is 5.36. The molecule has 2 aromatic carbocycles. The zero-order chi connectivity index (χ0) is 24.2. The van der Waals surface area contributed by atoms with Crippen molar-refractivity contribution in [3.63, 3.8) is 0 Å². The Hall–Kier alpha value is -3.26. The van der Waals surface area contributed by atoms with E-state index < -0.39 is 0 Å². The average molecular weight is 475 g/mol. The quantitative estimate of drug-likeness (QED) is 0.663. The predicted octanol–water partition coefficient (Wildman–Crippen LogP) is 2.81. The molecular weight excluding hydrogens is 440 g/mol. The van der Waals surface area contributed by atoms with Crippen LogP contribution in [0.4, 0.5) is 27.5 Å². The summed E-state index contributed by atoms with van der Waals surface area (Å²) in [5.41, 5.74) is 11.5. The number of anilines is 4. The Morgan fingerprint density at radius 1 is 0.886 bits per heavy atom. The fraction of sp³-hybridized carbons (Fsp3) is 0.481. The Labute approximate surface area is 206 Å². The van der Waals surface area contributed by atoms with Crippen LogP contribution >= 0.6 is 0 Å².